The smallest absolute Gasteiger partial charge is 0.283 e. The SMILES string of the molecule is COCCn1ncc(N(C)CCCN)c(Br)c1=O. The first kappa shape index (κ1) is 15.1. The summed E-state index contributed by atoms with van der Waals surface area (Å²) in [6, 6.07) is 0. The summed E-state index contributed by atoms with van der Waals surface area (Å²) in [7, 11) is 3.51. The van der Waals surface area contributed by atoms with E-state index in [1.807, 2.05) is 11.9 Å². The van der Waals surface area contributed by atoms with Gasteiger partial charge >= 0.3 is 0 Å². The van der Waals surface area contributed by atoms with Crippen LogP contribution in [0, 0.1) is 0 Å². The van der Waals surface area contributed by atoms with Gasteiger partial charge in [-0.1, -0.05) is 0 Å². The highest BCUT2D eigenvalue weighted by Gasteiger charge is 2.11. The largest absolute Gasteiger partial charge is 0.383 e. The zero-order valence-corrected chi connectivity index (χ0v) is 12.3. The Morgan fingerprint density at radius 2 is 2.33 bits per heavy atom. The number of halogens is 1. The maximum absolute atomic E-state index is 12.0. The van der Waals surface area contributed by atoms with Gasteiger partial charge in [-0.2, -0.15) is 5.10 Å². The molecule has 6 nitrogen and oxygen atoms in total. The Labute approximate surface area is 115 Å². The highest BCUT2D eigenvalue weighted by Crippen LogP contribution is 2.20. The third kappa shape index (κ3) is 3.79. The maximum atomic E-state index is 12.0. The van der Waals surface area contributed by atoms with Crippen molar-refractivity contribution in [2.45, 2.75) is 13.0 Å². The van der Waals surface area contributed by atoms with Crippen LogP contribution in [0.5, 0.6) is 0 Å². The average molecular weight is 319 g/mol. The van der Waals surface area contributed by atoms with Crippen molar-refractivity contribution in [3.05, 3.63) is 21.0 Å². The zero-order valence-electron chi connectivity index (χ0n) is 10.7. The van der Waals surface area contributed by atoms with Crippen molar-refractivity contribution in [3.63, 3.8) is 0 Å². The molecule has 0 aromatic carbocycles. The van der Waals surface area contributed by atoms with Crippen LogP contribution in [0.1, 0.15) is 6.42 Å². The minimum Gasteiger partial charge on any atom is -0.383 e. The highest BCUT2D eigenvalue weighted by atomic mass is 79.9. The lowest BCUT2D eigenvalue weighted by atomic mass is 10.3. The van der Waals surface area contributed by atoms with Crippen molar-refractivity contribution in [2.24, 2.45) is 5.73 Å². The van der Waals surface area contributed by atoms with E-state index in [1.165, 1.54) is 4.68 Å². The molecule has 18 heavy (non-hydrogen) atoms. The summed E-state index contributed by atoms with van der Waals surface area (Å²) in [5, 5.41) is 4.13. The van der Waals surface area contributed by atoms with Crippen LogP contribution in [0.2, 0.25) is 0 Å². The molecule has 0 aliphatic rings. The van der Waals surface area contributed by atoms with Crippen LogP contribution in [0.4, 0.5) is 5.69 Å². The van der Waals surface area contributed by atoms with E-state index in [0.29, 0.717) is 24.2 Å². The Morgan fingerprint density at radius 1 is 1.61 bits per heavy atom. The third-order valence-electron chi connectivity index (χ3n) is 2.58. The second-order valence-electron chi connectivity index (χ2n) is 3.93. The summed E-state index contributed by atoms with van der Waals surface area (Å²) < 4.78 is 6.84. The van der Waals surface area contributed by atoms with Gasteiger partial charge < -0.3 is 15.4 Å². The summed E-state index contributed by atoms with van der Waals surface area (Å²) in [6.45, 7) is 2.32. The van der Waals surface area contributed by atoms with Crippen molar-refractivity contribution in [3.8, 4) is 0 Å². The summed E-state index contributed by atoms with van der Waals surface area (Å²) in [6.07, 6.45) is 2.55. The van der Waals surface area contributed by atoms with Gasteiger partial charge in [-0.15, -0.1) is 0 Å². The second kappa shape index (κ2) is 7.50. The standard InChI is InChI=1S/C11H19BrN4O2/c1-15(5-3-4-13)9-8-14-16(6-7-18-2)11(17)10(9)12/h8H,3-7,13H2,1-2H3. The van der Waals surface area contributed by atoms with Crippen molar-refractivity contribution in [1.29, 1.82) is 0 Å². The van der Waals surface area contributed by atoms with Crippen molar-refractivity contribution in [1.82, 2.24) is 9.78 Å². The van der Waals surface area contributed by atoms with Gasteiger partial charge in [-0.3, -0.25) is 4.79 Å². The van der Waals surface area contributed by atoms with E-state index < -0.39 is 0 Å². The van der Waals surface area contributed by atoms with Gasteiger partial charge in [0, 0.05) is 20.7 Å². The van der Waals surface area contributed by atoms with Crippen LogP contribution < -0.4 is 16.2 Å². The van der Waals surface area contributed by atoms with Crippen LogP contribution >= 0.6 is 15.9 Å². The Hall–Kier alpha value is -0.920. The molecule has 7 heteroatoms. The number of nitrogens with zero attached hydrogens (tertiary/aromatic N) is 3. The molecule has 1 aromatic heterocycles. The van der Waals surface area contributed by atoms with Crippen LogP contribution in [-0.4, -0.2) is 43.6 Å². The number of aromatic nitrogens is 2. The minimum atomic E-state index is -0.149. The van der Waals surface area contributed by atoms with Gasteiger partial charge in [0.15, 0.2) is 0 Å². The van der Waals surface area contributed by atoms with E-state index in [1.54, 1.807) is 13.3 Å². The number of nitrogens with two attached hydrogens (primary N) is 1. The molecule has 0 radical (unpaired) electrons. The van der Waals surface area contributed by atoms with E-state index in [4.69, 9.17) is 10.5 Å². The summed E-state index contributed by atoms with van der Waals surface area (Å²) in [5.41, 5.74) is 6.10. The molecular weight excluding hydrogens is 300 g/mol. The molecule has 0 saturated carbocycles. The first-order valence-electron chi connectivity index (χ1n) is 5.77. The highest BCUT2D eigenvalue weighted by molar-refractivity contribution is 9.10. The third-order valence-corrected chi connectivity index (χ3v) is 3.33. The molecule has 0 amide bonds. The van der Waals surface area contributed by atoms with Crippen molar-refractivity contribution in [2.75, 3.05) is 38.8 Å². The number of hydrogen-bond acceptors (Lipinski definition) is 5. The van der Waals surface area contributed by atoms with Crippen molar-refractivity contribution >= 4 is 21.6 Å². The summed E-state index contributed by atoms with van der Waals surface area (Å²) in [5.74, 6) is 0. The van der Waals surface area contributed by atoms with E-state index in [2.05, 4.69) is 21.0 Å². The predicted octanol–water partition coefficient (Wildman–Crippen LogP) is 0.437. The Morgan fingerprint density at radius 3 is 2.94 bits per heavy atom. The molecular formula is C11H19BrN4O2. The summed E-state index contributed by atoms with van der Waals surface area (Å²) >= 11 is 3.33. The lowest BCUT2D eigenvalue weighted by Gasteiger charge is -2.20. The maximum Gasteiger partial charge on any atom is 0.283 e. The lowest BCUT2D eigenvalue weighted by molar-refractivity contribution is 0.181. The van der Waals surface area contributed by atoms with Crippen LogP contribution in [0.3, 0.4) is 0 Å². The fourth-order valence-electron chi connectivity index (χ4n) is 1.51. The first-order chi connectivity index (χ1) is 8.61. The number of anilines is 1. The van der Waals surface area contributed by atoms with Gasteiger partial charge in [-0.25, -0.2) is 4.68 Å². The van der Waals surface area contributed by atoms with E-state index in [9.17, 15) is 4.79 Å². The zero-order chi connectivity index (χ0) is 13.5. The molecule has 0 saturated heterocycles. The van der Waals surface area contributed by atoms with Gasteiger partial charge in [-0.05, 0) is 28.9 Å². The van der Waals surface area contributed by atoms with E-state index in [-0.39, 0.29) is 5.56 Å². The van der Waals surface area contributed by atoms with Gasteiger partial charge in [0.1, 0.15) is 4.47 Å². The monoisotopic (exact) mass is 318 g/mol. The van der Waals surface area contributed by atoms with Gasteiger partial charge in [0.25, 0.3) is 5.56 Å². The molecule has 2 N–H and O–H groups in total. The molecule has 1 heterocycles. The molecule has 0 spiro atoms. The van der Waals surface area contributed by atoms with E-state index >= 15 is 0 Å². The summed E-state index contributed by atoms with van der Waals surface area (Å²) in [4.78, 5) is 14.0. The fourth-order valence-corrected chi connectivity index (χ4v) is 2.12. The van der Waals surface area contributed by atoms with Crippen molar-refractivity contribution < 1.29 is 4.74 Å². The van der Waals surface area contributed by atoms with Gasteiger partial charge in [0.2, 0.25) is 0 Å². The normalized spacial score (nSPS) is 10.7. The quantitative estimate of drug-likeness (QED) is 0.789. The number of methoxy groups -OCH3 is 1. The molecule has 0 unspecified atom stereocenters. The molecule has 0 fully saturated rings. The molecule has 0 atom stereocenters. The Bertz CT molecular complexity index is 436. The van der Waals surface area contributed by atoms with Crippen LogP contribution in [0.15, 0.2) is 15.5 Å². The molecule has 0 aliphatic carbocycles. The average Bonchev–Trinajstić information content (AvgIpc) is 2.37. The number of rotatable bonds is 7. The number of hydrogen-bond donors (Lipinski definition) is 1. The Balaban J connectivity index is 2.89. The van der Waals surface area contributed by atoms with Crippen LogP contribution in [-0.2, 0) is 11.3 Å². The predicted molar refractivity (Wildman–Crippen MR) is 75.0 cm³/mol. The molecule has 0 aliphatic heterocycles. The second-order valence-corrected chi connectivity index (χ2v) is 4.72. The minimum absolute atomic E-state index is 0.149. The molecule has 0 bridgehead atoms. The fraction of sp³-hybridized carbons (Fsp3) is 0.636. The molecule has 102 valence electrons. The van der Waals surface area contributed by atoms with Gasteiger partial charge in [0.05, 0.1) is 25.0 Å². The number of ether oxygens (including phenoxy) is 1. The molecule has 1 aromatic rings. The Kier molecular flexibility index (Phi) is 6.31. The molecule has 1 rings (SSSR count). The lowest BCUT2D eigenvalue weighted by Crippen LogP contribution is -2.29. The topological polar surface area (TPSA) is 73.4 Å². The first-order valence-corrected chi connectivity index (χ1v) is 6.57. The van der Waals surface area contributed by atoms with Crippen LogP contribution in [0.25, 0.3) is 0 Å². The van der Waals surface area contributed by atoms with E-state index in [0.717, 1.165) is 18.7 Å².